The van der Waals surface area contributed by atoms with Gasteiger partial charge in [0, 0.05) is 10.4 Å². The average Bonchev–Trinajstić information content (AvgIpc) is 2.77. The molecule has 1 unspecified atom stereocenters. The minimum atomic E-state index is -0.334. The van der Waals surface area contributed by atoms with Crippen molar-refractivity contribution in [3.8, 4) is 11.5 Å². The molecule has 6 heteroatoms. The Morgan fingerprint density at radius 2 is 1.95 bits per heavy atom. The fourth-order valence-electron chi connectivity index (χ4n) is 1.68. The predicted octanol–water partition coefficient (Wildman–Crippen LogP) is 5.51. The Morgan fingerprint density at radius 1 is 1.21 bits per heavy atom. The fraction of sp³-hybridized carbons (Fsp3) is 0.231. The van der Waals surface area contributed by atoms with Gasteiger partial charge in [0.05, 0.1) is 28.4 Å². The van der Waals surface area contributed by atoms with Gasteiger partial charge in [-0.3, -0.25) is 0 Å². The van der Waals surface area contributed by atoms with E-state index in [1.807, 2.05) is 24.3 Å². The summed E-state index contributed by atoms with van der Waals surface area (Å²) in [4.78, 5) is 0.949. The van der Waals surface area contributed by atoms with Crippen LogP contribution in [0.3, 0.4) is 0 Å². The summed E-state index contributed by atoms with van der Waals surface area (Å²) >= 11 is 17.5. The van der Waals surface area contributed by atoms with Crippen molar-refractivity contribution in [3.63, 3.8) is 0 Å². The van der Waals surface area contributed by atoms with Crippen LogP contribution in [0, 0.1) is 0 Å². The molecule has 0 saturated carbocycles. The maximum Gasteiger partial charge on any atom is 0.124 e. The number of benzene rings is 1. The molecule has 0 bridgehead atoms. The number of ether oxygens (including phenoxy) is 2. The quantitative estimate of drug-likeness (QED) is 0.650. The monoisotopic (exact) mass is 380 g/mol. The first kappa shape index (κ1) is 15.0. The second kappa shape index (κ2) is 6.35. The zero-order valence-electron chi connectivity index (χ0n) is 10.2. The fourth-order valence-corrected chi connectivity index (χ4v) is 3.79. The standard InChI is InChI=1S/C13H11BrCl2O2S/c1-17-7-3-4-10(18-2)8(5-7)12(16)11-6-9(15)13(14)19-11/h3-6,12H,1-2H3. The van der Waals surface area contributed by atoms with Gasteiger partial charge in [-0.15, -0.1) is 22.9 Å². The highest BCUT2D eigenvalue weighted by atomic mass is 79.9. The molecule has 0 N–H and O–H groups in total. The Morgan fingerprint density at radius 3 is 2.47 bits per heavy atom. The summed E-state index contributed by atoms with van der Waals surface area (Å²) in [5.74, 6) is 1.46. The van der Waals surface area contributed by atoms with Gasteiger partial charge in [0.15, 0.2) is 0 Å². The molecular weight excluding hydrogens is 371 g/mol. The maximum atomic E-state index is 6.53. The summed E-state index contributed by atoms with van der Waals surface area (Å²) < 4.78 is 11.4. The van der Waals surface area contributed by atoms with E-state index >= 15 is 0 Å². The van der Waals surface area contributed by atoms with Gasteiger partial charge < -0.3 is 9.47 Å². The molecule has 2 aromatic rings. The smallest absolute Gasteiger partial charge is 0.124 e. The van der Waals surface area contributed by atoms with E-state index in [0.29, 0.717) is 5.02 Å². The highest BCUT2D eigenvalue weighted by molar-refractivity contribution is 9.11. The lowest BCUT2D eigenvalue weighted by Gasteiger charge is -2.14. The number of halogens is 3. The van der Waals surface area contributed by atoms with E-state index in [4.69, 9.17) is 32.7 Å². The minimum absolute atomic E-state index is 0.334. The van der Waals surface area contributed by atoms with Gasteiger partial charge in [-0.05, 0) is 40.2 Å². The highest BCUT2D eigenvalue weighted by Crippen LogP contribution is 2.43. The normalized spacial score (nSPS) is 12.3. The van der Waals surface area contributed by atoms with Crippen LogP contribution in [0.5, 0.6) is 11.5 Å². The summed E-state index contributed by atoms with van der Waals surface area (Å²) in [5.41, 5.74) is 0.855. The Labute approximate surface area is 134 Å². The van der Waals surface area contributed by atoms with E-state index in [1.54, 1.807) is 14.2 Å². The second-order valence-corrected chi connectivity index (χ2v) is 6.99. The lowest BCUT2D eigenvalue weighted by atomic mass is 10.1. The molecule has 1 atom stereocenters. The van der Waals surface area contributed by atoms with E-state index in [0.717, 1.165) is 25.7 Å². The van der Waals surface area contributed by atoms with E-state index < -0.39 is 0 Å². The van der Waals surface area contributed by atoms with Crippen molar-refractivity contribution in [1.29, 1.82) is 0 Å². The first-order valence-corrected chi connectivity index (χ1v) is 7.80. The number of hydrogen-bond acceptors (Lipinski definition) is 3. The first-order valence-electron chi connectivity index (χ1n) is 5.37. The molecule has 0 aliphatic rings. The molecule has 0 fully saturated rings. The van der Waals surface area contributed by atoms with Crippen LogP contribution in [0.15, 0.2) is 28.1 Å². The van der Waals surface area contributed by atoms with Crippen molar-refractivity contribution < 1.29 is 9.47 Å². The zero-order chi connectivity index (χ0) is 14.0. The molecule has 1 heterocycles. The zero-order valence-corrected chi connectivity index (χ0v) is 14.2. The molecular formula is C13H11BrCl2O2S. The van der Waals surface area contributed by atoms with Crippen LogP contribution in [-0.4, -0.2) is 14.2 Å². The van der Waals surface area contributed by atoms with Gasteiger partial charge in [-0.2, -0.15) is 0 Å². The second-order valence-electron chi connectivity index (χ2n) is 3.74. The van der Waals surface area contributed by atoms with Gasteiger partial charge in [-0.1, -0.05) is 11.6 Å². The van der Waals surface area contributed by atoms with Crippen molar-refractivity contribution in [2.75, 3.05) is 14.2 Å². The van der Waals surface area contributed by atoms with Gasteiger partial charge in [0.1, 0.15) is 11.5 Å². The molecule has 2 rings (SSSR count). The molecule has 0 aliphatic carbocycles. The van der Waals surface area contributed by atoms with E-state index in [9.17, 15) is 0 Å². The lowest BCUT2D eigenvalue weighted by molar-refractivity contribution is 0.399. The summed E-state index contributed by atoms with van der Waals surface area (Å²) in [7, 11) is 3.24. The van der Waals surface area contributed by atoms with Gasteiger partial charge in [0.2, 0.25) is 0 Å². The van der Waals surface area contributed by atoms with Crippen LogP contribution in [0.1, 0.15) is 15.8 Å². The van der Waals surface area contributed by atoms with E-state index in [-0.39, 0.29) is 5.38 Å². The van der Waals surface area contributed by atoms with E-state index in [2.05, 4.69) is 15.9 Å². The molecule has 1 aromatic carbocycles. The third-order valence-corrected chi connectivity index (χ3v) is 5.76. The predicted molar refractivity (Wildman–Crippen MR) is 84.3 cm³/mol. The van der Waals surface area contributed by atoms with Crippen molar-refractivity contribution in [3.05, 3.63) is 43.5 Å². The van der Waals surface area contributed by atoms with Gasteiger partial charge in [0.25, 0.3) is 0 Å². The SMILES string of the molecule is COc1ccc(OC)c(C(Cl)c2cc(Cl)c(Br)s2)c1. The molecule has 0 aliphatic heterocycles. The number of rotatable bonds is 4. The molecule has 1 aromatic heterocycles. The summed E-state index contributed by atoms with van der Waals surface area (Å²) in [6.07, 6.45) is 0. The summed E-state index contributed by atoms with van der Waals surface area (Å²) in [6, 6.07) is 7.40. The van der Waals surface area contributed by atoms with Gasteiger partial charge >= 0.3 is 0 Å². The van der Waals surface area contributed by atoms with Crippen LogP contribution < -0.4 is 9.47 Å². The van der Waals surface area contributed by atoms with Crippen LogP contribution in [0.25, 0.3) is 0 Å². The van der Waals surface area contributed by atoms with Crippen LogP contribution in [0.2, 0.25) is 5.02 Å². The van der Waals surface area contributed by atoms with Gasteiger partial charge in [-0.25, -0.2) is 0 Å². The first-order chi connectivity index (χ1) is 9.06. The minimum Gasteiger partial charge on any atom is -0.497 e. The molecule has 19 heavy (non-hydrogen) atoms. The molecule has 2 nitrogen and oxygen atoms in total. The summed E-state index contributed by atoms with van der Waals surface area (Å²) in [5, 5.41) is 0.325. The van der Waals surface area contributed by atoms with E-state index in [1.165, 1.54) is 11.3 Å². The molecule has 0 radical (unpaired) electrons. The number of hydrogen-bond donors (Lipinski definition) is 0. The molecule has 0 amide bonds. The van der Waals surface area contributed by atoms with Crippen LogP contribution in [0.4, 0.5) is 0 Å². The van der Waals surface area contributed by atoms with Crippen molar-refractivity contribution in [2.24, 2.45) is 0 Å². The number of alkyl halides is 1. The third kappa shape index (κ3) is 3.19. The molecule has 0 saturated heterocycles. The topological polar surface area (TPSA) is 18.5 Å². The van der Waals surface area contributed by atoms with Crippen molar-refractivity contribution in [2.45, 2.75) is 5.38 Å². The Kier molecular flexibility index (Phi) is 5.01. The van der Waals surface area contributed by atoms with Crippen LogP contribution >= 0.6 is 50.5 Å². The number of thiophene rings is 1. The maximum absolute atomic E-state index is 6.53. The largest absolute Gasteiger partial charge is 0.497 e. The van der Waals surface area contributed by atoms with Crippen molar-refractivity contribution >= 4 is 50.5 Å². The summed E-state index contributed by atoms with van der Waals surface area (Å²) in [6.45, 7) is 0. The van der Waals surface area contributed by atoms with Crippen molar-refractivity contribution in [1.82, 2.24) is 0 Å². The lowest BCUT2D eigenvalue weighted by Crippen LogP contribution is -1.97. The Bertz CT molecular complexity index is 567. The number of methoxy groups -OCH3 is 2. The third-order valence-electron chi connectivity index (χ3n) is 2.62. The van der Waals surface area contributed by atoms with Crippen LogP contribution in [-0.2, 0) is 0 Å². The highest BCUT2D eigenvalue weighted by Gasteiger charge is 2.20. The average molecular weight is 382 g/mol. The molecule has 102 valence electrons. The Hall–Kier alpha value is -0.420. The molecule has 0 spiro atoms. The Balaban J connectivity index is 2.44.